The lowest BCUT2D eigenvalue weighted by Gasteiger charge is -2.33. The van der Waals surface area contributed by atoms with E-state index >= 15 is 0 Å². The third-order valence-electron chi connectivity index (χ3n) is 4.51. The van der Waals surface area contributed by atoms with Crippen molar-refractivity contribution in [3.63, 3.8) is 0 Å². The van der Waals surface area contributed by atoms with Gasteiger partial charge < -0.3 is 30.1 Å². The molecule has 1 aliphatic rings. The van der Waals surface area contributed by atoms with E-state index in [0.717, 1.165) is 0 Å². The Labute approximate surface area is 173 Å². The number of carbonyl (C=O) groups is 3. The minimum Gasteiger partial charge on any atom is -0.477 e. The molecular formula is C21H23N3O6. The molecule has 1 heterocycles. The summed E-state index contributed by atoms with van der Waals surface area (Å²) >= 11 is 0. The van der Waals surface area contributed by atoms with Crippen LogP contribution in [-0.4, -0.2) is 62.3 Å². The summed E-state index contributed by atoms with van der Waals surface area (Å²) in [5, 5.41) is 14.4. The summed E-state index contributed by atoms with van der Waals surface area (Å²) in [6, 6.07) is 13.5. The second kappa shape index (κ2) is 9.75. The van der Waals surface area contributed by atoms with Crippen molar-refractivity contribution in [3.8, 4) is 5.75 Å². The minimum absolute atomic E-state index is 0.00170. The first-order valence-corrected chi connectivity index (χ1v) is 9.43. The first-order valence-electron chi connectivity index (χ1n) is 9.43. The first kappa shape index (κ1) is 21.1. The lowest BCUT2D eigenvalue weighted by atomic mass is 10.1. The number of carbonyl (C=O) groups excluding carboxylic acids is 3. The highest BCUT2D eigenvalue weighted by Crippen LogP contribution is 2.33. The summed E-state index contributed by atoms with van der Waals surface area (Å²) in [7, 11) is 1.49. The van der Waals surface area contributed by atoms with Crippen LogP contribution >= 0.6 is 0 Å². The van der Waals surface area contributed by atoms with Crippen molar-refractivity contribution in [1.29, 1.82) is 0 Å². The molecule has 0 fully saturated rings. The zero-order valence-electron chi connectivity index (χ0n) is 16.5. The first-order chi connectivity index (χ1) is 14.5. The van der Waals surface area contributed by atoms with Crippen molar-refractivity contribution in [2.45, 2.75) is 6.10 Å². The second-order valence-corrected chi connectivity index (χ2v) is 6.46. The summed E-state index contributed by atoms with van der Waals surface area (Å²) in [6.45, 7) is -0.316. The highest BCUT2D eigenvalue weighted by molar-refractivity contribution is 6.01. The van der Waals surface area contributed by atoms with Crippen LogP contribution in [0.15, 0.2) is 48.5 Å². The molecule has 9 nitrogen and oxygen atoms in total. The molecule has 0 spiro atoms. The average Bonchev–Trinajstić information content (AvgIpc) is 2.79. The number of hydrogen-bond acceptors (Lipinski definition) is 7. The van der Waals surface area contributed by atoms with E-state index in [0.29, 0.717) is 17.1 Å². The number of aliphatic hydroxyl groups is 1. The topological polar surface area (TPSA) is 117 Å². The highest BCUT2D eigenvalue weighted by atomic mass is 16.5. The lowest BCUT2D eigenvalue weighted by molar-refractivity contribution is -0.128. The standard InChI is InChI=1S/C21H23N3O6/c1-22-20(27)18-12-24(16-8-4-5-9-17(16)30-18)19(26)13-29-21(28)14-6-2-3-7-15(14)23-10-11-25/h2-9,18,23,25H,10-13H2,1H3,(H,22,27). The van der Waals surface area contributed by atoms with Crippen LogP contribution in [0.1, 0.15) is 10.4 Å². The van der Waals surface area contributed by atoms with Crippen molar-refractivity contribution in [1.82, 2.24) is 5.32 Å². The van der Waals surface area contributed by atoms with Gasteiger partial charge in [-0.3, -0.25) is 9.59 Å². The minimum atomic E-state index is -0.868. The number of anilines is 2. The van der Waals surface area contributed by atoms with Crippen LogP contribution in [0.4, 0.5) is 11.4 Å². The number of fused-ring (bicyclic) bond motifs is 1. The van der Waals surface area contributed by atoms with Crippen LogP contribution in [0.5, 0.6) is 5.75 Å². The molecule has 0 radical (unpaired) electrons. The van der Waals surface area contributed by atoms with E-state index in [9.17, 15) is 14.4 Å². The van der Waals surface area contributed by atoms with Crippen LogP contribution in [-0.2, 0) is 14.3 Å². The van der Waals surface area contributed by atoms with Gasteiger partial charge in [0.1, 0.15) is 5.75 Å². The predicted molar refractivity (Wildman–Crippen MR) is 110 cm³/mol. The molecule has 2 amide bonds. The molecule has 30 heavy (non-hydrogen) atoms. The van der Waals surface area contributed by atoms with Gasteiger partial charge in [0, 0.05) is 19.3 Å². The van der Waals surface area contributed by atoms with Gasteiger partial charge in [-0.1, -0.05) is 24.3 Å². The molecule has 158 valence electrons. The van der Waals surface area contributed by atoms with E-state index < -0.39 is 24.6 Å². The summed E-state index contributed by atoms with van der Waals surface area (Å²) in [5.74, 6) is -1.11. The number of rotatable bonds is 7. The fourth-order valence-electron chi connectivity index (χ4n) is 3.06. The molecule has 1 unspecified atom stereocenters. The Morgan fingerprint density at radius 1 is 1.17 bits per heavy atom. The fourth-order valence-corrected chi connectivity index (χ4v) is 3.06. The number of ether oxygens (including phenoxy) is 2. The van der Waals surface area contributed by atoms with Crippen LogP contribution in [0.2, 0.25) is 0 Å². The molecule has 3 N–H and O–H groups in total. The monoisotopic (exact) mass is 413 g/mol. The molecule has 0 saturated heterocycles. The highest BCUT2D eigenvalue weighted by Gasteiger charge is 2.33. The van der Waals surface area contributed by atoms with Crippen molar-refractivity contribution >= 4 is 29.2 Å². The summed E-state index contributed by atoms with van der Waals surface area (Å²) in [6.07, 6.45) is -0.868. The number of hydrogen-bond donors (Lipinski definition) is 3. The number of likely N-dealkylation sites (N-methyl/N-ethyl adjacent to an activating group) is 1. The van der Waals surface area contributed by atoms with Gasteiger partial charge in [0.2, 0.25) is 0 Å². The van der Waals surface area contributed by atoms with E-state index in [-0.39, 0.29) is 31.2 Å². The Kier molecular flexibility index (Phi) is 6.87. The summed E-state index contributed by atoms with van der Waals surface area (Å²) in [5.41, 5.74) is 1.26. The zero-order chi connectivity index (χ0) is 21.5. The molecule has 2 aromatic carbocycles. The third kappa shape index (κ3) is 4.69. The number of para-hydroxylation sites is 3. The second-order valence-electron chi connectivity index (χ2n) is 6.46. The van der Waals surface area contributed by atoms with Crippen LogP contribution in [0, 0.1) is 0 Å². The van der Waals surface area contributed by atoms with E-state index in [1.165, 1.54) is 11.9 Å². The lowest BCUT2D eigenvalue weighted by Crippen LogP contribution is -2.51. The molecule has 3 rings (SSSR count). The molecule has 2 aromatic rings. The van der Waals surface area contributed by atoms with Crippen LogP contribution in [0.25, 0.3) is 0 Å². The SMILES string of the molecule is CNC(=O)C1CN(C(=O)COC(=O)c2ccccc2NCCO)c2ccccc2O1. The van der Waals surface area contributed by atoms with E-state index in [4.69, 9.17) is 14.6 Å². The van der Waals surface area contributed by atoms with Crippen molar-refractivity contribution in [3.05, 3.63) is 54.1 Å². The molecule has 0 saturated carbocycles. The van der Waals surface area contributed by atoms with Gasteiger partial charge in [-0.05, 0) is 24.3 Å². The maximum Gasteiger partial charge on any atom is 0.340 e. The molecule has 1 atom stereocenters. The fraction of sp³-hybridized carbons (Fsp3) is 0.286. The third-order valence-corrected chi connectivity index (χ3v) is 4.51. The number of nitrogens with one attached hydrogen (secondary N) is 2. The molecule has 0 aromatic heterocycles. The molecule has 1 aliphatic heterocycles. The molecule has 0 bridgehead atoms. The summed E-state index contributed by atoms with van der Waals surface area (Å²) < 4.78 is 10.9. The smallest absolute Gasteiger partial charge is 0.340 e. The zero-order valence-corrected chi connectivity index (χ0v) is 16.5. The Bertz CT molecular complexity index is 932. The van der Waals surface area contributed by atoms with E-state index in [2.05, 4.69) is 10.6 Å². The average molecular weight is 413 g/mol. The van der Waals surface area contributed by atoms with Crippen molar-refractivity contribution in [2.75, 3.05) is 43.6 Å². The largest absolute Gasteiger partial charge is 0.477 e. The normalized spacial score (nSPS) is 14.9. The van der Waals surface area contributed by atoms with Crippen LogP contribution in [0.3, 0.4) is 0 Å². The quantitative estimate of drug-likeness (QED) is 0.575. The summed E-state index contributed by atoms with van der Waals surface area (Å²) in [4.78, 5) is 38.7. The van der Waals surface area contributed by atoms with Gasteiger partial charge in [-0.25, -0.2) is 4.79 Å². The van der Waals surface area contributed by atoms with Gasteiger partial charge in [0.15, 0.2) is 12.7 Å². The molecule has 9 heteroatoms. The maximum absolute atomic E-state index is 12.8. The van der Waals surface area contributed by atoms with Gasteiger partial charge in [-0.2, -0.15) is 0 Å². The molecule has 0 aliphatic carbocycles. The van der Waals surface area contributed by atoms with E-state index in [1.807, 2.05) is 0 Å². The Balaban J connectivity index is 1.71. The van der Waals surface area contributed by atoms with Gasteiger partial charge in [-0.15, -0.1) is 0 Å². The van der Waals surface area contributed by atoms with Crippen molar-refractivity contribution < 1.29 is 29.0 Å². The predicted octanol–water partition coefficient (Wildman–Crippen LogP) is 0.788. The Morgan fingerprint density at radius 3 is 2.67 bits per heavy atom. The van der Waals surface area contributed by atoms with Crippen LogP contribution < -0.4 is 20.3 Å². The number of esters is 1. The Hall–Kier alpha value is -3.59. The Morgan fingerprint density at radius 2 is 1.90 bits per heavy atom. The van der Waals surface area contributed by atoms with Gasteiger partial charge in [0.25, 0.3) is 11.8 Å². The van der Waals surface area contributed by atoms with E-state index in [1.54, 1.807) is 48.5 Å². The van der Waals surface area contributed by atoms with Gasteiger partial charge >= 0.3 is 5.97 Å². The van der Waals surface area contributed by atoms with Crippen molar-refractivity contribution in [2.24, 2.45) is 0 Å². The number of benzene rings is 2. The van der Waals surface area contributed by atoms with Gasteiger partial charge in [0.05, 0.1) is 24.4 Å². The maximum atomic E-state index is 12.8. The molecular weight excluding hydrogens is 390 g/mol. The number of nitrogens with zero attached hydrogens (tertiary/aromatic N) is 1. The number of amides is 2. The number of aliphatic hydroxyl groups excluding tert-OH is 1.